The molecule has 0 amide bonds. The molecule has 0 unspecified atom stereocenters. The minimum Gasteiger partial charge on any atom is -0.503 e. The lowest BCUT2D eigenvalue weighted by atomic mass is 10.1. The maximum atomic E-state index is 13.3. The molecule has 2 aromatic rings. The summed E-state index contributed by atoms with van der Waals surface area (Å²) >= 11 is 0. The number of hydrogen-bond donors (Lipinski definition) is 1. The van der Waals surface area contributed by atoms with Gasteiger partial charge in [-0.05, 0) is 42.0 Å². The van der Waals surface area contributed by atoms with E-state index in [4.69, 9.17) is 9.84 Å². The maximum Gasteiger partial charge on any atom is 0.187 e. The average molecular weight is 279 g/mol. The molecule has 0 atom stereocenters. The zero-order chi connectivity index (χ0) is 14.7. The second-order valence-electron chi connectivity index (χ2n) is 4.46. The molecule has 0 radical (unpaired) electrons. The lowest BCUT2D eigenvalue weighted by Crippen LogP contribution is -2.16. The second kappa shape index (κ2) is 5.77. The first-order valence-corrected chi connectivity index (χ1v) is 6.03. The molecule has 2 aromatic carbocycles. The van der Waals surface area contributed by atoms with Gasteiger partial charge in [-0.2, -0.15) is 0 Å². The molecule has 0 saturated carbocycles. The van der Waals surface area contributed by atoms with Gasteiger partial charge in [0.1, 0.15) is 5.75 Å². The van der Waals surface area contributed by atoms with E-state index in [0.717, 1.165) is 23.6 Å². The summed E-state index contributed by atoms with van der Waals surface area (Å²) in [4.78, 5) is 1.84. The van der Waals surface area contributed by atoms with Crippen LogP contribution in [0.3, 0.4) is 0 Å². The normalized spacial score (nSPS) is 10.4. The van der Waals surface area contributed by atoms with Crippen LogP contribution in [-0.2, 0) is 6.54 Å². The molecule has 0 bridgehead atoms. The first-order valence-electron chi connectivity index (χ1n) is 6.03. The van der Waals surface area contributed by atoms with Crippen molar-refractivity contribution in [2.45, 2.75) is 6.54 Å². The maximum absolute atomic E-state index is 13.3. The van der Waals surface area contributed by atoms with Crippen molar-refractivity contribution in [2.24, 2.45) is 0 Å². The molecule has 0 aliphatic carbocycles. The number of ether oxygens (including phenoxy) is 1. The molecule has 0 aromatic heterocycles. The van der Waals surface area contributed by atoms with Gasteiger partial charge >= 0.3 is 0 Å². The molecular formula is C15H15F2NO2. The number of benzene rings is 2. The van der Waals surface area contributed by atoms with Crippen LogP contribution in [0.1, 0.15) is 5.56 Å². The van der Waals surface area contributed by atoms with E-state index < -0.39 is 17.4 Å². The number of aromatic hydroxyl groups is 1. The lowest BCUT2D eigenvalue weighted by molar-refractivity contribution is 0.395. The zero-order valence-electron chi connectivity index (χ0n) is 11.2. The summed E-state index contributed by atoms with van der Waals surface area (Å²) in [6.45, 7) is 0.320. The van der Waals surface area contributed by atoms with Gasteiger partial charge in [-0.25, -0.2) is 8.78 Å². The van der Waals surface area contributed by atoms with Crippen molar-refractivity contribution in [3.8, 4) is 11.5 Å². The molecule has 3 nitrogen and oxygen atoms in total. The molecule has 20 heavy (non-hydrogen) atoms. The van der Waals surface area contributed by atoms with E-state index in [1.165, 1.54) is 0 Å². The highest BCUT2D eigenvalue weighted by molar-refractivity contribution is 5.49. The van der Waals surface area contributed by atoms with Crippen LogP contribution in [0.15, 0.2) is 36.4 Å². The number of methoxy groups -OCH3 is 1. The van der Waals surface area contributed by atoms with Crippen LogP contribution >= 0.6 is 0 Å². The van der Waals surface area contributed by atoms with Crippen molar-refractivity contribution < 1.29 is 18.6 Å². The monoisotopic (exact) mass is 279 g/mol. The Kier molecular flexibility index (Phi) is 4.08. The van der Waals surface area contributed by atoms with Gasteiger partial charge in [0.05, 0.1) is 7.11 Å². The molecule has 1 N–H and O–H groups in total. The Bertz CT molecular complexity index is 576. The third kappa shape index (κ3) is 2.99. The molecule has 0 aliphatic heterocycles. The number of nitrogens with zero attached hydrogens (tertiary/aromatic N) is 1. The molecule has 0 aliphatic rings. The van der Waals surface area contributed by atoms with Crippen LogP contribution in [0, 0.1) is 11.6 Å². The van der Waals surface area contributed by atoms with E-state index in [0.29, 0.717) is 12.1 Å². The lowest BCUT2D eigenvalue weighted by Gasteiger charge is -2.20. The first kappa shape index (κ1) is 14.1. The Hall–Kier alpha value is -2.30. The van der Waals surface area contributed by atoms with Gasteiger partial charge in [-0.1, -0.05) is 0 Å². The third-order valence-electron chi connectivity index (χ3n) is 3.01. The van der Waals surface area contributed by atoms with Crippen molar-refractivity contribution in [3.63, 3.8) is 0 Å². The van der Waals surface area contributed by atoms with E-state index in [2.05, 4.69) is 0 Å². The minimum absolute atomic E-state index is 0.320. The Morgan fingerprint density at radius 2 is 1.65 bits per heavy atom. The predicted molar refractivity (Wildman–Crippen MR) is 73.1 cm³/mol. The van der Waals surface area contributed by atoms with Crippen LogP contribution in [-0.4, -0.2) is 19.3 Å². The van der Waals surface area contributed by atoms with Crippen LogP contribution in [0.5, 0.6) is 11.5 Å². The Labute approximate surface area is 116 Å². The quantitative estimate of drug-likeness (QED) is 0.932. The largest absolute Gasteiger partial charge is 0.503 e. The number of rotatable bonds is 4. The fraction of sp³-hybridized carbons (Fsp3) is 0.200. The van der Waals surface area contributed by atoms with Gasteiger partial charge in [-0.15, -0.1) is 0 Å². The Morgan fingerprint density at radius 1 is 1.10 bits per heavy atom. The number of phenols is 1. The molecule has 5 heteroatoms. The molecule has 0 heterocycles. The summed E-state index contributed by atoms with van der Waals surface area (Å²) < 4.78 is 31.6. The van der Waals surface area contributed by atoms with Crippen LogP contribution < -0.4 is 9.64 Å². The first-order chi connectivity index (χ1) is 9.51. The number of halogens is 2. The van der Waals surface area contributed by atoms with Crippen molar-refractivity contribution in [2.75, 3.05) is 19.1 Å². The molecule has 106 valence electrons. The minimum atomic E-state index is -0.955. The van der Waals surface area contributed by atoms with Crippen molar-refractivity contribution in [1.82, 2.24) is 0 Å². The van der Waals surface area contributed by atoms with Gasteiger partial charge in [0.2, 0.25) is 0 Å². The standard InChI is InChI=1S/C15H15F2NO2/c1-18(11-3-5-12(20-2)6-4-11)9-10-7-13(16)15(19)14(17)8-10/h3-8,19H,9H2,1-2H3. The van der Waals surface area contributed by atoms with Crippen molar-refractivity contribution in [3.05, 3.63) is 53.6 Å². The fourth-order valence-electron chi connectivity index (χ4n) is 1.91. The number of hydrogen-bond acceptors (Lipinski definition) is 3. The van der Waals surface area contributed by atoms with Gasteiger partial charge in [-0.3, -0.25) is 0 Å². The summed E-state index contributed by atoms with van der Waals surface area (Å²) in [5.41, 5.74) is 1.33. The van der Waals surface area contributed by atoms with Crippen molar-refractivity contribution >= 4 is 5.69 Å². The topological polar surface area (TPSA) is 32.7 Å². The summed E-state index contributed by atoms with van der Waals surface area (Å²) in [5.74, 6) is -2.11. The number of phenolic OH excluding ortho intramolecular Hbond substituents is 1. The van der Waals surface area contributed by atoms with Crippen LogP contribution in [0.2, 0.25) is 0 Å². The van der Waals surface area contributed by atoms with Crippen LogP contribution in [0.4, 0.5) is 14.5 Å². The molecule has 0 fully saturated rings. The Morgan fingerprint density at radius 3 is 2.15 bits per heavy atom. The summed E-state index contributed by atoms with van der Waals surface area (Å²) in [7, 11) is 3.39. The third-order valence-corrected chi connectivity index (χ3v) is 3.01. The summed E-state index contributed by atoms with van der Waals surface area (Å²) in [5, 5.41) is 9.06. The Balaban J connectivity index is 2.16. The summed E-state index contributed by atoms with van der Waals surface area (Å²) in [6, 6.07) is 9.57. The SMILES string of the molecule is COc1ccc(N(C)Cc2cc(F)c(O)c(F)c2)cc1. The van der Waals surface area contributed by atoms with E-state index >= 15 is 0 Å². The van der Waals surface area contributed by atoms with Crippen LogP contribution in [0.25, 0.3) is 0 Å². The molecule has 0 saturated heterocycles. The molecule has 0 spiro atoms. The summed E-state index contributed by atoms with van der Waals surface area (Å²) in [6.07, 6.45) is 0. The average Bonchev–Trinajstić information content (AvgIpc) is 2.44. The highest BCUT2D eigenvalue weighted by Crippen LogP contribution is 2.24. The fourth-order valence-corrected chi connectivity index (χ4v) is 1.91. The predicted octanol–water partition coefficient (Wildman–Crippen LogP) is 3.32. The van der Waals surface area contributed by atoms with Gasteiger partial charge in [0, 0.05) is 19.3 Å². The van der Waals surface area contributed by atoms with Crippen molar-refractivity contribution in [1.29, 1.82) is 0 Å². The van der Waals surface area contributed by atoms with E-state index in [-0.39, 0.29) is 0 Å². The molecule has 2 rings (SSSR count). The van der Waals surface area contributed by atoms with E-state index in [9.17, 15) is 8.78 Å². The van der Waals surface area contributed by atoms with Gasteiger partial charge < -0.3 is 14.7 Å². The highest BCUT2D eigenvalue weighted by Gasteiger charge is 2.11. The van der Waals surface area contributed by atoms with E-state index in [1.807, 2.05) is 36.2 Å². The van der Waals surface area contributed by atoms with E-state index in [1.54, 1.807) is 7.11 Å². The zero-order valence-corrected chi connectivity index (χ0v) is 11.2. The highest BCUT2D eigenvalue weighted by atomic mass is 19.1. The molecular weight excluding hydrogens is 264 g/mol. The second-order valence-corrected chi connectivity index (χ2v) is 4.46. The van der Waals surface area contributed by atoms with Gasteiger partial charge in [0.25, 0.3) is 0 Å². The smallest absolute Gasteiger partial charge is 0.187 e. The number of anilines is 1. The van der Waals surface area contributed by atoms with Gasteiger partial charge in [0.15, 0.2) is 17.4 Å².